The molecule has 0 aliphatic heterocycles. The highest BCUT2D eigenvalue weighted by Crippen LogP contribution is 2.13. The molecule has 0 aliphatic rings. The third-order valence-corrected chi connectivity index (χ3v) is 2.11. The highest BCUT2D eigenvalue weighted by atomic mass is 35.5. The molecule has 5 nitrogen and oxygen atoms in total. The Labute approximate surface area is 91.7 Å². The molecule has 0 radical (unpaired) electrons. The average Bonchev–Trinajstić information content (AvgIpc) is 2.64. The Morgan fingerprint density at radius 1 is 1.33 bits per heavy atom. The summed E-state index contributed by atoms with van der Waals surface area (Å²) in [4.78, 5) is 3.97. The Bertz CT molecular complexity index is 436. The van der Waals surface area contributed by atoms with Crippen molar-refractivity contribution in [2.24, 2.45) is 0 Å². The Morgan fingerprint density at radius 3 is 2.67 bits per heavy atom. The minimum Gasteiger partial charge on any atom is -0.378 e. The first-order chi connectivity index (χ1) is 7.24. The molecule has 0 saturated heterocycles. The van der Waals surface area contributed by atoms with E-state index in [1.807, 2.05) is 24.3 Å². The number of hydrogen-bond acceptors (Lipinski definition) is 4. The lowest BCUT2D eigenvalue weighted by molar-refractivity contribution is 0.955. The van der Waals surface area contributed by atoms with Crippen molar-refractivity contribution in [2.45, 2.75) is 6.54 Å². The predicted octanol–water partition coefficient (Wildman–Crippen LogP) is 1.65. The van der Waals surface area contributed by atoms with Crippen molar-refractivity contribution in [2.75, 3.05) is 11.1 Å². The van der Waals surface area contributed by atoms with Crippen LogP contribution in [0, 0.1) is 0 Å². The van der Waals surface area contributed by atoms with Crippen molar-refractivity contribution in [3.63, 3.8) is 0 Å². The number of nitrogens with one attached hydrogen (secondary N) is 2. The molecule has 0 spiro atoms. The zero-order chi connectivity index (χ0) is 10.7. The first kappa shape index (κ1) is 9.79. The summed E-state index contributed by atoms with van der Waals surface area (Å²) in [5.74, 6) is 0.949. The summed E-state index contributed by atoms with van der Waals surface area (Å²) in [6.45, 7) is 0.547. The van der Waals surface area contributed by atoms with Crippen molar-refractivity contribution < 1.29 is 0 Å². The molecule has 1 aromatic heterocycles. The van der Waals surface area contributed by atoms with E-state index in [1.54, 1.807) is 0 Å². The second-order valence-electron chi connectivity index (χ2n) is 3.00. The van der Waals surface area contributed by atoms with Crippen LogP contribution in [0.4, 0.5) is 11.6 Å². The SMILES string of the molecule is Nc1n[nH]c(CNc2ccc(Cl)cc2)n1. The minimum absolute atomic E-state index is 0.253. The molecule has 2 aromatic rings. The number of aromatic amines is 1. The van der Waals surface area contributed by atoms with Gasteiger partial charge in [-0.05, 0) is 24.3 Å². The maximum Gasteiger partial charge on any atom is 0.239 e. The Balaban J connectivity index is 1.96. The van der Waals surface area contributed by atoms with E-state index in [0.29, 0.717) is 17.4 Å². The molecular formula is C9H10ClN5. The summed E-state index contributed by atoms with van der Waals surface area (Å²) in [7, 11) is 0. The van der Waals surface area contributed by atoms with Crippen molar-refractivity contribution >= 4 is 23.2 Å². The van der Waals surface area contributed by atoms with Crippen LogP contribution in [0.1, 0.15) is 5.82 Å². The number of aromatic nitrogens is 3. The number of nitrogen functional groups attached to an aromatic ring is 1. The van der Waals surface area contributed by atoms with E-state index < -0.39 is 0 Å². The summed E-state index contributed by atoms with van der Waals surface area (Å²) in [6.07, 6.45) is 0. The monoisotopic (exact) mass is 223 g/mol. The fourth-order valence-corrected chi connectivity index (χ4v) is 1.27. The van der Waals surface area contributed by atoms with E-state index in [9.17, 15) is 0 Å². The van der Waals surface area contributed by atoms with Crippen LogP contribution in [-0.4, -0.2) is 15.2 Å². The van der Waals surface area contributed by atoms with Crippen molar-refractivity contribution in [3.8, 4) is 0 Å². The largest absolute Gasteiger partial charge is 0.378 e. The quantitative estimate of drug-likeness (QED) is 0.739. The minimum atomic E-state index is 0.253. The van der Waals surface area contributed by atoms with Crippen molar-refractivity contribution in [3.05, 3.63) is 35.1 Å². The van der Waals surface area contributed by atoms with Gasteiger partial charge in [-0.25, -0.2) is 0 Å². The van der Waals surface area contributed by atoms with Gasteiger partial charge in [0.05, 0.1) is 6.54 Å². The maximum absolute atomic E-state index is 5.76. The number of hydrogen-bond donors (Lipinski definition) is 3. The lowest BCUT2D eigenvalue weighted by Gasteiger charge is -2.03. The Hall–Kier alpha value is -1.75. The fraction of sp³-hybridized carbons (Fsp3) is 0.111. The van der Waals surface area contributed by atoms with Crippen LogP contribution in [-0.2, 0) is 6.54 Å². The van der Waals surface area contributed by atoms with E-state index >= 15 is 0 Å². The van der Waals surface area contributed by atoms with Crippen LogP contribution < -0.4 is 11.1 Å². The lowest BCUT2D eigenvalue weighted by atomic mass is 10.3. The Kier molecular flexibility index (Phi) is 2.73. The number of halogens is 1. The van der Waals surface area contributed by atoms with Gasteiger partial charge in [0.25, 0.3) is 0 Å². The van der Waals surface area contributed by atoms with Crippen LogP contribution in [0.15, 0.2) is 24.3 Å². The molecule has 0 aliphatic carbocycles. The van der Waals surface area contributed by atoms with Gasteiger partial charge in [-0.15, -0.1) is 5.10 Å². The van der Waals surface area contributed by atoms with Crippen LogP contribution in [0.5, 0.6) is 0 Å². The number of anilines is 2. The summed E-state index contributed by atoms with van der Waals surface area (Å²) in [5.41, 5.74) is 6.34. The second kappa shape index (κ2) is 4.18. The zero-order valence-corrected chi connectivity index (χ0v) is 8.62. The predicted molar refractivity (Wildman–Crippen MR) is 59.6 cm³/mol. The molecule has 1 aromatic carbocycles. The summed E-state index contributed by atoms with van der Waals surface area (Å²) in [5, 5.41) is 10.3. The lowest BCUT2D eigenvalue weighted by Crippen LogP contribution is -2.01. The maximum atomic E-state index is 5.76. The molecular weight excluding hydrogens is 214 g/mol. The molecule has 2 rings (SSSR count). The molecule has 6 heteroatoms. The standard InChI is InChI=1S/C9H10ClN5/c10-6-1-3-7(4-2-6)12-5-8-13-9(11)15-14-8/h1-4,12H,5H2,(H3,11,13,14,15). The van der Waals surface area contributed by atoms with E-state index in [2.05, 4.69) is 20.5 Å². The molecule has 4 N–H and O–H groups in total. The molecule has 0 atom stereocenters. The van der Waals surface area contributed by atoms with Gasteiger partial charge in [0, 0.05) is 10.7 Å². The smallest absolute Gasteiger partial charge is 0.239 e. The van der Waals surface area contributed by atoms with Crippen LogP contribution >= 0.6 is 11.6 Å². The van der Waals surface area contributed by atoms with E-state index in [0.717, 1.165) is 5.69 Å². The molecule has 0 bridgehead atoms. The zero-order valence-electron chi connectivity index (χ0n) is 7.87. The van der Waals surface area contributed by atoms with Crippen LogP contribution in [0.25, 0.3) is 0 Å². The number of nitrogens with zero attached hydrogens (tertiary/aromatic N) is 2. The highest BCUT2D eigenvalue weighted by Gasteiger charge is 1.98. The number of rotatable bonds is 3. The first-order valence-electron chi connectivity index (χ1n) is 4.40. The average molecular weight is 224 g/mol. The summed E-state index contributed by atoms with van der Waals surface area (Å²) < 4.78 is 0. The third kappa shape index (κ3) is 2.60. The van der Waals surface area contributed by atoms with Gasteiger partial charge in [-0.2, -0.15) is 4.98 Å². The molecule has 1 heterocycles. The fourth-order valence-electron chi connectivity index (χ4n) is 1.14. The highest BCUT2D eigenvalue weighted by molar-refractivity contribution is 6.30. The van der Waals surface area contributed by atoms with Gasteiger partial charge in [0.15, 0.2) is 0 Å². The topological polar surface area (TPSA) is 79.6 Å². The first-order valence-corrected chi connectivity index (χ1v) is 4.78. The van der Waals surface area contributed by atoms with Crippen LogP contribution in [0.2, 0.25) is 5.02 Å². The van der Waals surface area contributed by atoms with E-state index in [1.165, 1.54) is 0 Å². The molecule has 78 valence electrons. The van der Waals surface area contributed by atoms with Gasteiger partial charge < -0.3 is 11.1 Å². The Morgan fingerprint density at radius 2 is 2.07 bits per heavy atom. The molecule has 0 unspecified atom stereocenters. The van der Waals surface area contributed by atoms with E-state index in [-0.39, 0.29) is 5.95 Å². The van der Waals surface area contributed by atoms with Gasteiger partial charge in [-0.1, -0.05) is 11.6 Å². The summed E-state index contributed by atoms with van der Waals surface area (Å²) >= 11 is 5.76. The molecule has 0 saturated carbocycles. The van der Waals surface area contributed by atoms with E-state index in [4.69, 9.17) is 17.3 Å². The van der Waals surface area contributed by atoms with Crippen molar-refractivity contribution in [1.82, 2.24) is 15.2 Å². The number of benzene rings is 1. The van der Waals surface area contributed by atoms with Gasteiger partial charge in [0.1, 0.15) is 5.82 Å². The second-order valence-corrected chi connectivity index (χ2v) is 3.44. The van der Waals surface area contributed by atoms with Gasteiger partial charge in [-0.3, -0.25) is 5.10 Å². The molecule has 15 heavy (non-hydrogen) atoms. The van der Waals surface area contributed by atoms with Gasteiger partial charge in [0.2, 0.25) is 5.95 Å². The van der Waals surface area contributed by atoms with Gasteiger partial charge >= 0.3 is 0 Å². The normalized spacial score (nSPS) is 10.2. The number of H-pyrrole nitrogens is 1. The summed E-state index contributed by atoms with van der Waals surface area (Å²) in [6, 6.07) is 7.42. The van der Waals surface area contributed by atoms with Crippen molar-refractivity contribution in [1.29, 1.82) is 0 Å². The molecule has 0 fully saturated rings. The third-order valence-electron chi connectivity index (χ3n) is 1.85. The molecule has 0 amide bonds. The number of nitrogens with two attached hydrogens (primary N) is 1. The van der Waals surface area contributed by atoms with Crippen LogP contribution in [0.3, 0.4) is 0 Å².